The van der Waals surface area contributed by atoms with Crippen molar-refractivity contribution in [1.82, 2.24) is 4.98 Å². The SMILES string of the molecule is C=CCC(CCc1ccccn1)(c1ccccc1)c1ccccc1. The molecule has 1 aromatic heterocycles. The van der Waals surface area contributed by atoms with Gasteiger partial charge in [-0.2, -0.15) is 0 Å². The van der Waals surface area contributed by atoms with E-state index >= 15 is 0 Å². The first-order chi connectivity index (χ1) is 11.8. The Morgan fingerprint density at radius 3 is 1.88 bits per heavy atom. The second-order valence-corrected chi connectivity index (χ2v) is 6.13. The van der Waals surface area contributed by atoms with Gasteiger partial charge in [0.1, 0.15) is 0 Å². The molecule has 0 unspecified atom stereocenters. The average molecular weight is 313 g/mol. The number of hydrogen-bond donors (Lipinski definition) is 0. The normalized spacial score (nSPS) is 11.2. The van der Waals surface area contributed by atoms with E-state index in [-0.39, 0.29) is 5.41 Å². The van der Waals surface area contributed by atoms with E-state index in [1.165, 1.54) is 11.1 Å². The van der Waals surface area contributed by atoms with Gasteiger partial charge >= 0.3 is 0 Å². The molecule has 3 rings (SSSR count). The van der Waals surface area contributed by atoms with E-state index < -0.39 is 0 Å². The summed E-state index contributed by atoms with van der Waals surface area (Å²) in [5.41, 5.74) is 3.75. The third-order valence-corrected chi connectivity index (χ3v) is 4.68. The number of hydrogen-bond acceptors (Lipinski definition) is 1. The van der Waals surface area contributed by atoms with Gasteiger partial charge in [-0.05, 0) is 42.5 Å². The predicted molar refractivity (Wildman–Crippen MR) is 101 cm³/mol. The Labute approximate surface area is 144 Å². The van der Waals surface area contributed by atoms with E-state index in [4.69, 9.17) is 0 Å². The summed E-state index contributed by atoms with van der Waals surface area (Å²) in [6, 6.07) is 27.7. The summed E-state index contributed by atoms with van der Waals surface area (Å²) in [6.45, 7) is 4.04. The molecule has 0 saturated heterocycles. The zero-order valence-corrected chi connectivity index (χ0v) is 13.9. The van der Waals surface area contributed by atoms with Crippen LogP contribution in [0.4, 0.5) is 0 Å². The minimum atomic E-state index is -0.0677. The Bertz CT molecular complexity index is 708. The lowest BCUT2D eigenvalue weighted by Gasteiger charge is -2.34. The molecule has 1 nitrogen and oxygen atoms in total. The molecule has 0 N–H and O–H groups in total. The first-order valence-corrected chi connectivity index (χ1v) is 8.47. The molecular weight excluding hydrogens is 290 g/mol. The molecule has 3 aromatic rings. The summed E-state index contributed by atoms with van der Waals surface area (Å²) >= 11 is 0. The zero-order valence-electron chi connectivity index (χ0n) is 13.9. The third kappa shape index (κ3) is 3.46. The molecule has 1 heteroatoms. The van der Waals surface area contributed by atoms with Crippen LogP contribution in [0.25, 0.3) is 0 Å². The highest BCUT2D eigenvalue weighted by Crippen LogP contribution is 2.40. The highest BCUT2D eigenvalue weighted by Gasteiger charge is 2.32. The van der Waals surface area contributed by atoms with Crippen molar-refractivity contribution in [3.8, 4) is 0 Å². The van der Waals surface area contributed by atoms with E-state index in [9.17, 15) is 0 Å². The van der Waals surface area contributed by atoms with E-state index in [0.717, 1.165) is 25.0 Å². The Morgan fingerprint density at radius 1 is 0.792 bits per heavy atom. The first-order valence-electron chi connectivity index (χ1n) is 8.47. The van der Waals surface area contributed by atoms with Crippen molar-refractivity contribution >= 4 is 0 Å². The largest absolute Gasteiger partial charge is 0.261 e. The van der Waals surface area contributed by atoms with Crippen molar-refractivity contribution in [2.45, 2.75) is 24.7 Å². The summed E-state index contributed by atoms with van der Waals surface area (Å²) < 4.78 is 0. The van der Waals surface area contributed by atoms with Crippen molar-refractivity contribution in [3.63, 3.8) is 0 Å². The zero-order chi connectivity index (χ0) is 16.7. The van der Waals surface area contributed by atoms with Crippen molar-refractivity contribution in [3.05, 3.63) is 115 Å². The highest BCUT2D eigenvalue weighted by molar-refractivity contribution is 5.40. The Balaban J connectivity index is 2.03. The van der Waals surface area contributed by atoms with Crippen molar-refractivity contribution < 1.29 is 0 Å². The molecule has 0 saturated carbocycles. The molecule has 0 spiro atoms. The minimum absolute atomic E-state index is 0.0677. The number of aryl methyl sites for hydroxylation is 1. The molecule has 0 aliphatic carbocycles. The van der Waals surface area contributed by atoms with Crippen LogP contribution < -0.4 is 0 Å². The second kappa shape index (κ2) is 7.74. The van der Waals surface area contributed by atoms with Gasteiger partial charge in [0, 0.05) is 17.3 Å². The molecular formula is C23H23N. The lowest BCUT2D eigenvalue weighted by molar-refractivity contribution is 0.475. The molecule has 0 aliphatic heterocycles. The fraction of sp³-hybridized carbons (Fsp3) is 0.174. The van der Waals surface area contributed by atoms with Gasteiger partial charge in [-0.3, -0.25) is 4.98 Å². The fourth-order valence-electron chi connectivity index (χ4n) is 3.44. The summed E-state index contributed by atoms with van der Waals surface area (Å²) in [5, 5.41) is 0. The molecule has 0 amide bonds. The topological polar surface area (TPSA) is 12.9 Å². The average Bonchev–Trinajstić information content (AvgIpc) is 2.67. The third-order valence-electron chi connectivity index (χ3n) is 4.68. The second-order valence-electron chi connectivity index (χ2n) is 6.13. The molecule has 0 fully saturated rings. The quantitative estimate of drug-likeness (QED) is 0.519. The lowest BCUT2D eigenvalue weighted by atomic mass is 9.69. The Kier molecular flexibility index (Phi) is 5.22. The number of pyridine rings is 1. The van der Waals surface area contributed by atoms with Crippen molar-refractivity contribution in [2.75, 3.05) is 0 Å². The first kappa shape index (κ1) is 16.2. The highest BCUT2D eigenvalue weighted by atomic mass is 14.7. The van der Waals surface area contributed by atoms with Crippen LogP contribution in [0.15, 0.2) is 97.7 Å². The number of rotatable bonds is 7. The van der Waals surface area contributed by atoms with E-state index in [0.29, 0.717) is 0 Å². The van der Waals surface area contributed by atoms with Crippen molar-refractivity contribution in [2.24, 2.45) is 0 Å². The maximum atomic E-state index is 4.50. The number of benzene rings is 2. The fourth-order valence-corrected chi connectivity index (χ4v) is 3.44. The predicted octanol–water partition coefficient (Wildman–Crippen LogP) is 5.58. The van der Waals surface area contributed by atoms with Crippen LogP contribution in [0.5, 0.6) is 0 Å². The summed E-state index contributed by atoms with van der Waals surface area (Å²) in [7, 11) is 0. The van der Waals surface area contributed by atoms with Crippen LogP contribution in [0.1, 0.15) is 29.7 Å². The van der Waals surface area contributed by atoms with E-state index in [1.54, 1.807) is 0 Å². The number of aromatic nitrogens is 1. The van der Waals surface area contributed by atoms with Gasteiger partial charge in [-0.1, -0.05) is 72.8 Å². The van der Waals surface area contributed by atoms with Crippen LogP contribution in [0, 0.1) is 0 Å². The molecule has 24 heavy (non-hydrogen) atoms. The maximum absolute atomic E-state index is 4.50. The number of allylic oxidation sites excluding steroid dienone is 1. The van der Waals surface area contributed by atoms with Crippen LogP contribution >= 0.6 is 0 Å². The number of nitrogens with zero attached hydrogens (tertiary/aromatic N) is 1. The summed E-state index contributed by atoms with van der Waals surface area (Å²) in [5.74, 6) is 0. The molecule has 0 aliphatic rings. The lowest BCUT2D eigenvalue weighted by Crippen LogP contribution is -2.28. The summed E-state index contributed by atoms with van der Waals surface area (Å²) in [6.07, 6.45) is 6.77. The van der Waals surface area contributed by atoms with Gasteiger partial charge in [-0.15, -0.1) is 6.58 Å². The van der Waals surface area contributed by atoms with Gasteiger partial charge in [0.15, 0.2) is 0 Å². The molecule has 0 atom stereocenters. The standard InChI is InChI=1S/C23H23N/c1-2-17-23(20-11-5-3-6-12-20,21-13-7-4-8-14-21)18-16-22-15-9-10-19-24-22/h2-15,19H,1,16-18H2. The van der Waals surface area contributed by atoms with Crippen LogP contribution in [-0.2, 0) is 11.8 Å². The van der Waals surface area contributed by atoms with Gasteiger partial charge in [0.05, 0.1) is 0 Å². The van der Waals surface area contributed by atoms with Gasteiger partial charge in [0.25, 0.3) is 0 Å². The maximum Gasteiger partial charge on any atom is 0.0404 e. The molecule has 0 bridgehead atoms. The van der Waals surface area contributed by atoms with E-state index in [2.05, 4.69) is 84.4 Å². The van der Waals surface area contributed by atoms with Gasteiger partial charge < -0.3 is 0 Å². The minimum Gasteiger partial charge on any atom is -0.261 e. The van der Waals surface area contributed by atoms with Gasteiger partial charge in [0.2, 0.25) is 0 Å². The van der Waals surface area contributed by atoms with Crippen molar-refractivity contribution in [1.29, 1.82) is 0 Å². The van der Waals surface area contributed by atoms with Crippen LogP contribution in [0.2, 0.25) is 0 Å². The van der Waals surface area contributed by atoms with Crippen LogP contribution in [0.3, 0.4) is 0 Å². The molecule has 1 heterocycles. The smallest absolute Gasteiger partial charge is 0.0404 e. The van der Waals surface area contributed by atoms with Gasteiger partial charge in [-0.25, -0.2) is 0 Å². The van der Waals surface area contributed by atoms with E-state index in [1.807, 2.05) is 18.3 Å². The summed E-state index contributed by atoms with van der Waals surface area (Å²) in [4.78, 5) is 4.50. The van der Waals surface area contributed by atoms with Crippen LogP contribution in [-0.4, -0.2) is 4.98 Å². The Hall–Kier alpha value is -2.67. The molecule has 120 valence electrons. The molecule has 0 radical (unpaired) electrons. The monoisotopic (exact) mass is 313 g/mol. The molecule has 2 aromatic carbocycles. The Morgan fingerprint density at radius 2 is 1.38 bits per heavy atom.